The molecule has 0 spiro atoms. The molecule has 1 heterocycles. The lowest BCUT2D eigenvalue weighted by Crippen LogP contribution is -2.10. The topological polar surface area (TPSA) is 49.9 Å². The van der Waals surface area contributed by atoms with Gasteiger partial charge >= 0.3 is 0 Å². The molecule has 1 N–H and O–H groups in total. The van der Waals surface area contributed by atoms with E-state index in [2.05, 4.69) is 4.98 Å². The van der Waals surface area contributed by atoms with E-state index >= 15 is 0 Å². The average Bonchev–Trinajstić information content (AvgIpc) is 2.04. The zero-order valence-electron chi connectivity index (χ0n) is 5.63. The molecule has 0 radical (unpaired) electrons. The van der Waals surface area contributed by atoms with Crippen molar-refractivity contribution < 1.29 is 4.79 Å². The molecule has 4 heteroatoms. The van der Waals surface area contributed by atoms with Gasteiger partial charge in [-0.05, 0) is 0 Å². The lowest BCUT2D eigenvalue weighted by atomic mass is 10.2. The van der Waals surface area contributed by atoms with Gasteiger partial charge in [-0.3, -0.25) is 9.59 Å². The number of aromatic nitrogens is 1. The van der Waals surface area contributed by atoms with Crippen LogP contribution in [0.3, 0.4) is 0 Å². The number of aldehydes is 1. The highest BCUT2D eigenvalue weighted by Gasteiger charge is 2.02. The molecule has 3 nitrogen and oxygen atoms in total. The molecule has 0 unspecified atom stereocenters. The lowest BCUT2D eigenvalue weighted by Gasteiger charge is -1.96. The Hall–Kier alpha value is -1.09. The minimum absolute atomic E-state index is 0.113. The van der Waals surface area contributed by atoms with E-state index in [0.29, 0.717) is 12.0 Å². The molecule has 0 saturated heterocycles. The molecule has 0 fully saturated rings. The van der Waals surface area contributed by atoms with E-state index in [1.54, 1.807) is 0 Å². The van der Waals surface area contributed by atoms with E-state index in [9.17, 15) is 9.59 Å². The van der Waals surface area contributed by atoms with E-state index < -0.39 is 0 Å². The van der Waals surface area contributed by atoms with Crippen molar-refractivity contribution in [1.82, 2.24) is 4.98 Å². The molecule has 0 aliphatic carbocycles. The number of hydrogen-bond donors (Lipinski definition) is 1. The number of nitrogens with one attached hydrogen (secondary N) is 1. The number of pyridine rings is 1. The van der Waals surface area contributed by atoms with Crippen LogP contribution in [-0.4, -0.2) is 11.3 Å². The first-order valence-corrected chi connectivity index (χ1v) is 3.54. The lowest BCUT2D eigenvalue weighted by molar-refractivity contribution is 0.112. The van der Waals surface area contributed by atoms with Crippen LogP contribution in [0.15, 0.2) is 17.1 Å². The first-order valence-electron chi connectivity index (χ1n) is 3.01. The van der Waals surface area contributed by atoms with Crippen LogP contribution in [0.5, 0.6) is 0 Å². The van der Waals surface area contributed by atoms with Crippen molar-refractivity contribution in [2.24, 2.45) is 0 Å². The normalized spacial score (nSPS) is 9.55. The third-order valence-corrected chi connectivity index (χ3v) is 1.60. The molecule has 0 bridgehead atoms. The number of carbonyl (C=O) groups is 1. The van der Waals surface area contributed by atoms with Crippen molar-refractivity contribution in [3.63, 3.8) is 0 Å². The average molecular weight is 172 g/mol. The molecule has 0 amide bonds. The van der Waals surface area contributed by atoms with Gasteiger partial charge in [-0.2, -0.15) is 0 Å². The van der Waals surface area contributed by atoms with Gasteiger partial charge in [0.2, 0.25) is 0 Å². The van der Waals surface area contributed by atoms with E-state index in [1.165, 1.54) is 12.3 Å². The summed E-state index contributed by atoms with van der Waals surface area (Å²) < 4.78 is 0. The molecular formula is C7H6ClNO2. The highest BCUT2D eigenvalue weighted by molar-refractivity contribution is 6.17. The van der Waals surface area contributed by atoms with Crippen molar-refractivity contribution in [1.29, 1.82) is 0 Å². The number of halogens is 1. The van der Waals surface area contributed by atoms with Crippen molar-refractivity contribution >= 4 is 17.9 Å². The molecule has 0 aliphatic rings. The molecule has 1 aromatic rings. The minimum atomic E-state index is -0.297. The summed E-state index contributed by atoms with van der Waals surface area (Å²) in [6, 6.07) is 1.29. The molecular weight excluding hydrogens is 166 g/mol. The van der Waals surface area contributed by atoms with Crippen LogP contribution in [0.25, 0.3) is 0 Å². The third-order valence-electron chi connectivity index (χ3n) is 1.33. The van der Waals surface area contributed by atoms with Gasteiger partial charge < -0.3 is 4.98 Å². The summed E-state index contributed by atoms with van der Waals surface area (Å²) in [5, 5.41) is 0. The van der Waals surface area contributed by atoms with E-state index in [0.717, 1.165) is 0 Å². The summed E-state index contributed by atoms with van der Waals surface area (Å²) in [6.07, 6.45) is 1.98. The fourth-order valence-corrected chi connectivity index (χ4v) is 0.995. The molecule has 1 aromatic heterocycles. The van der Waals surface area contributed by atoms with Crippen LogP contribution in [-0.2, 0) is 5.88 Å². The Kier molecular flexibility index (Phi) is 2.44. The Labute approximate surface area is 68.0 Å². The maximum Gasteiger partial charge on any atom is 0.192 e. The van der Waals surface area contributed by atoms with Crippen molar-refractivity contribution in [3.05, 3.63) is 33.7 Å². The number of alkyl halides is 1. The van der Waals surface area contributed by atoms with Gasteiger partial charge in [-0.15, -0.1) is 11.6 Å². The van der Waals surface area contributed by atoms with Crippen molar-refractivity contribution in [3.8, 4) is 0 Å². The second kappa shape index (κ2) is 3.34. The maximum absolute atomic E-state index is 10.9. The smallest absolute Gasteiger partial charge is 0.192 e. The molecule has 11 heavy (non-hydrogen) atoms. The standard InChI is InChI=1S/C7H6ClNO2/c8-3-6-5(4-10)7(11)1-2-9-6/h1-2,4H,3H2,(H,9,11). The van der Waals surface area contributed by atoms with Crippen molar-refractivity contribution in [2.75, 3.05) is 0 Å². The van der Waals surface area contributed by atoms with E-state index in [-0.39, 0.29) is 16.9 Å². The number of aromatic amines is 1. The fraction of sp³-hybridized carbons (Fsp3) is 0.143. The monoisotopic (exact) mass is 171 g/mol. The Balaban J connectivity index is 3.36. The molecule has 0 atom stereocenters. The van der Waals surface area contributed by atoms with Gasteiger partial charge in [0, 0.05) is 18.0 Å². The number of carbonyl (C=O) groups excluding carboxylic acids is 1. The van der Waals surface area contributed by atoms with E-state index in [1.807, 2.05) is 0 Å². The Morgan fingerprint density at radius 2 is 2.36 bits per heavy atom. The predicted octanol–water partition coefficient (Wildman–Crippen LogP) is 0.926. The van der Waals surface area contributed by atoms with Crippen LogP contribution >= 0.6 is 11.6 Å². The van der Waals surface area contributed by atoms with Crippen LogP contribution in [0.4, 0.5) is 0 Å². The molecule has 0 aromatic carbocycles. The summed E-state index contributed by atoms with van der Waals surface area (Å²) in [6.45, 7) is 0. The fourth-order valence-electron chi connectivity index (χ4n) is 0.774. The second-order valence-corrected chi connectivity index (χ2v) is 2.25. The first kappa shape index (κ1) is 8.01. The highest BCUT2D eigenvalue weighted by Crippen LogP contribution is 1.99. The summed E-state index contributed by atoms with van der Waals surface area (Å²) in [4.78, 5) is 24.0. The molecule has 1 rings (SSSR count). The Morgan fingerprint density at radius 1 is 1.64 bits per heavy atom. The Morgan fingerprint density at radius 3 is 2.82 bits per heavy atom. The first-order chi connectivity index (χ1) is 5.29. The summed E-state index contributed by atoms with van der Waals surface area (Å²) in [5.74, 6) is 0.143. The summed E-state index contributed by atoms with van der Waals surface area (Å²) in [7, 11) is 0. The van der Waals surface area contributed by atoms with Gasteiger partial charge in [0.25, 0.3) is 0 Å². The van der Waals surface area contributed by atoms with Gasteiger partial charge in [0.05, 0.1) is 11.4 Å². The zero-order chi connectivity index (χ0) is 8.27. The maximum atomic E-state index is 10.9. The van der Waals surface area contributed by atoms with Crippen LogP contribution < -0.4 is 5.43 Å². The quantitative estimate of drug-likeness (QED) is 0.532. The van der Waals surface area contributed by atoms with Gasteiger partial charge in [0.15, 0.2) is 11.7 Å². The van der Waals surface area contributed by atoms with Crippen molar-refractivity contribution in [2.45, 2.75) is 5.88 Å². The largest absolute Gasteiger partial charge is 0.363 e. The van der Waals surface area contributed by atoms with Crippen LogP contribution in [0.1, 0.15) is 16.1 Å². The summed E-state index contributed by atoms with van der Waals surface area (Å²) in [5.41, 5.74) is 0.283. The second-order valence-electron chi connectivity index (χ2n) is 1.99. The number of hydrogen-bond acceptors (Lipinski definition) is 2. The van der Waals surface area contributed by atoms with Crippen LogP contribution in [0.2, 0.25) is 0 Å². The highest BCUT2D eigenvalue weighted by atomic mass is 35.5. The van der Waals surface area contributed by atoms with Gasteiger partial charge in [0.1, 0.15) is 0 Å². The zero-order valence-corrected chi connectivity index (χ0v) is 6.39. The Bertz CT molecular complexity index is 318. The predicted molar refractivity (Wildman–Crippen MR) is 42.0 cm³/mol. The minimum Gasteiger partial charge on any atom is -0.363 e. The molecule has 58 valence electrons. The van der Waals surface area contributed by atoms with Crippen LogP contribution in [0, 0.1) is 0 Å². The summed E-state index contributed by atoms with van der Waals surface area (Å²) >= 11 is 5.45. The van der Waals surface area contributed by atoms with E-state index in [4.69, 9.17) is 11.6 Å². The molecule has 0 aliphatic heterocycles. The number of H-pyrrole nitrogens is 1. The number of rotatable bonds is 2. The SMILES string of the molecule is O=Cc1c(CCl)[nH]ccc1=O. The third kappa shape index (κ3) is 1.49. The molecule has 0 saturated carbocycles. The van der Waals surface area contributed by atoms with Gasteiger partial charge in [-0.25, -0.2) is 0 Å². The van der Waals surface area contributed by atoms with Gasteiger partial charge in [-0.1, -0.05) is 0 Å².